The van der Waals surface area contributed by atoms with Gasteiger partial charge >= 0.3 is 0 Å². The molecule has 8 heteroatoms. The van der Waals surface area contributed by atoms with E-state index in [1.165, 1.54) is 0 Å². The molecule has 2 fully saturated rings. The minimum absolute atomic E-state index is 0.121. The Kier molecular flexibility index (Phi) is 6.85. The third-order valence-electron chi connectivity index (χ3n) is 5.83. The maximum atomic E-state index is 11.9. The molecule has 27 heavy (non-hydrogen) atoms. The van der Waals surface area contributed by atoms with Gasteiger partial charge in [0.05, 0.1) is 18.3 Å². The monoisotopic (exact) mass is 388 g/mol. The van der Waals surface area contributed by atoms with Crippen LogP contribution in [0.3, 0.4) is 0 Å². The van der Waals surface area contributed by atoms with Gasteiger partial charge in [-0.05, 0) is 12.8 Å². The number of hydrogen-bond acceptors (Lipinski definition) is 8. The molecule has 0 bridgehead atoms. The Bertz CT molecular complexity index is 560. The quantitative estimate of drug-likeness (QED) is 0.398. The number of aliphatic hydroxyl groups is 5. The number of aliphatic hydroxyl groups excluding tert-OH is 4. The van der Waals surface area contributed by atoms with Crippen molar-refractivity contribution in [3.8, 4) is 0 Å². The van der Waals surface area contributed by atoms with Gasteiger partial charge in [0.25, 0.3) is 0 Å². The third-order valence-corrected chi connectivity index (χ3v) is 5.83. The zero-order valence-corrected chi connectivity index (χ0v) is 16.3. The molecule has 2 rings (SSSR count). The van der Waals surface area contributed by atoms with Crippen LogP contribution in [0.15, 0.2) is 12.2 Å². The second kappa shape index (κ2) is 8.24. The van der Waals surface area contributed by atoms with Gasteiger partial charge in [-0.2, -0.15) is 0 Å². The van der Waals surface area contributed by atoms with Gasteiger partial charge < -0.3 is 35.0 Å². The standard InChI is InChI=1S/C19H32O8/c1-10-7-12(21)8-18(3,4)19(10,25)6-5-11(2)26-17-16(24)15(23)14(22)13(9-20)27-17/h5-6,10-11,13-17,20,22-25H,7-9H2,1-4H3. The first-order valence-corrected chi connectivity index (χ1v) is 9.32. The lowest BCUT2D eigenvalue weighted by Gasteiger charge is -2.48. The minimum Gasteiger partial charge on any atom is -0.394 e. The lowest BCUT2D eigenvalue weighted by Crippen LogP contribution is -2.59. The van der Waals surface area contributed by atoms with E-state index in [-0.39, 0.29) is 18.1 Å². The Morgan fingerprint density at radius 1 is 1.26 bits per heavy atom. The van der Waals surface area contributed by atoms with Gasteiger partial charge in [0, 0.05) is 18.3 Å². The van der Waals surface area contributed by atoms with Crippen molar-refractivity contribution in [3.05, 3.63) is 12.2 Å². The molecule has 8 nitrogen and oxygen atoms in total. The Morgan fingerprint density at radius 3 is 2.44 bits per heavy atom. The smallest absolute Gasteiger partial charge is 0.187 e. The highest BCUT2D eigenvalue weighted by Crippen LogP contribution is 2.46. The van der Waals surface area contributed by atoms with Gasteiger partial charge in [-0.25, -0.2) is 0 Å². The summed E-state index contributed by atoms with van der Waals surface area (Å²) in [6, 6.07) is 0. The Labute approximate surface area is 159 Å². The van der Waals surface area contributed by atoms with Crippen molar-refractivity contribution >= 4 is 5.78 Å². The van der Waals surface area contributed by atoms with Gasteiger partial charge in [0.2, 0.25) is 0 Å². The highest BCUT2D eigenvalue weighted by atomic mass is 16.7. The van der Waals surface area contributed by atoms with Crippen molar-refractivity contribution in [3.63, 3.8) is 0 Å². The summed E-state index contributed by atoms with van der Waals surface area (Å²) in [7, 11) is 0. The van der Waals surface area contributed by atoms with Gasteiger partial charge in [-0.15, -0.1) is 0 Å². The predicted molar refractivity (Wildman–Crippen MR) is 95.6 cm³/mol. The molecule has 0 aromatic rings. The summed E-state index contributed by atoms with van der Waals surface area (Å²) in [4.78, 5) is 11.9. The predicted octanol–water partition coefficient (Wildman–Crippen LogP) is -0.496. The van der Waals surface area contributed by atoms with E-state index in [2.05, 4.69) is 0 Å². The van der Waals surface area contributed by atoms with Gasteiger partial charge in [0.15, 0.2) is 6.29 Å². The van der Waals surface area contributed by atoms with Crippen molar-refractivity contribution in [2.24, 2.45) is 11.3 Å². The zero-order chi connectivity index (χ0) is 20.6. The largest absolute Gasteiger partial charge is 0.394 e. The number of ether oxygens (including phenoxy) is 2. The van der Waals surface area contributed by atoms with Crippen molar-refractivity contribution in [1.82, 2.24) is 0 Å². The molecule has 0 aromatic heterocycles. The molecule has 8 unspecified atom stereocenters. The van der Waals surface area contributed by atoms with E-state index in [4.69, 9.17) is 9.47 Å². The molecule has 0 aromatic carbocycles. The van der Waals surface area contributed by atoms with E-state index in [0.29, 0.717) is 6.42 Å². The molecule has 0 radical (unpaired) electrons. The SMILES string of the molecule is CC(C=CC1(O)C(C)CC(=O)CC1(C)C)OC1OC(CO)C(O)C(O)C1O. The molecule has 1 aliphatic heterocycles. The lowest BCUT2D eigenvalue weighted by molar-refractivity contribution is -0.306. The molecule has 5 N–H and O–H groups in total. The molecule has 156 valence electrons. The Balaban J connectivity index is 2.08. The van der Waals surface area contributed by atoms with Crippen molar-refractivity contribution in [2.75, 3.05) is 6.61 Å². The maximum Gasteiger partial charge on any atom is 0.187 e. The van der Waals surface area contributed by atoms with E-state index in [1.807, 2.05) is 20.8 Å². The third kappa shape index (κ3) is 4.42. The normalized spacial score (nSPS) is 43.8. The number of hydrogen-bond donors (Lipinski definition) is 5. The summed E-state index contributed by atoms with van der Waals surface area (Å²) in [6.07, 6.45) is -3.51. The molecule has 0 spiro atoms. The van der Waals surface area contributed by atoms with Crippen LogP contribution in [-0.2, 0) is 14.3 Å². The average molecular weight is 388 g/mol. The fourth-order valence-electron chi connectivity index (χ4n) is 3.98. The van der Waals surface area contributed by atoms with Crippen molar-refractivity contribution < 1.29 is 39.8 Å². The first-order valence-electron chi connectivity index (χ1n) is 9.32. The summed E-state index contributed by atoms with van der Waals surface area (Å²) < 4.78 is 10.9. The number of carbonyl (C=O) groups is 1. The molecule has 1 aliphatic carbocycles. The van der Waals surface area contributed by atoms with Crippen LogP contribution in [0.2, 0.25) is 0 Å². The van der Waals surface area contributed by atoms with Crippen LogP contribution in [0, 0.1) is 11.3 Å². The number of carbonyl (C=O) groups excluding carboxylic acids is 1. The second-order valence-corrected chi connectivity index (χ2v) is 8.43. The van der Waals surface area contributed by atoms with E-state index >= 15 is 0 Å². The number of Topliss-reactive ketones (excluding diaryl/α,β-unsaturated/α-hetero) is 1. The van der Waals surface area contributed by atoms with Gasteiger partial charge in [-0.1, -0.05) is 32.9 Å². The first kappa shape index (κ1) is 22.4. The molecular weight excluding hydrogens is 356 g/mol. The summed E-state index contributed by atoms with van der Waals surface area (Å²) in [5, 5.41) is 50.1. The number of rotatable bonds is 5. The molecule has 1 heterocycles. The molecule has 1 saturated carbocycles. The Hall–Kier alpha value is -0.870. The summed E-state index contributed by atoms with van der Waals surface area (Å²) >= 11 is 0. The first-order chi connectivity index (χ1) is 12.4. The summed E-state index contributed by atoms with van der Waals surface area (Å²) in [5.74, 6) is -0.138. The van der Waals surface area contributed by atoms with Gasteiger partial charge in [-0.3, -0.25) is 4.79 Å². The molecule has 2 aliphatic rings. The van der Waals surface area contributed by atoms with Crippen LogP contribution in [0.5, 0.6) is 0 Å². The fraction of sp³-hybridized carbons (Fsp3) is 0.842. The Morgan fingerprint density at radius 2 is 1.89 bits per heavy atom. The molecule has 1 saturated heterocycles. The second-order valence-electron chi connectivity index (χ2n) is 8.43. The van der Waals surface area contributed by atoms with Crippen molar-refractivity contribution in [1.29, 1.82) is 0 Å². The van der Waals surface area contributed by atoms with Crippen LogP contribution in [0.1, 0.15) is 40.5 Å². The topological polar surface area (TPSA) is 137 Å². The van der Waals surface area contributed by atoms with Crippen LogP contribution in [-0.4, -0.2) is 80.3 Å². The highest BCUT2D eigenvalue weighted by molar-refractivity contribution is 5.81. The van der Waals surface area contributed by atoms with Crippen LogP contribution >= 0.6 is 0 Å². The minimum atomic E-state index is -1.51. The van der Waals surface area contributed by atoms with Crippen LogP contribution < -0.4 is 0 Å². The highest BCUT2D eigenvalue weighted by Gasteiger charge is 2.50. The van der Waals surface area contributed by atoms with E-state index < -0.39 is 54.4 Å². The van der Waals surface area contributed by atoms with Crippen LogP contribution in [0.25, 0.3) is 0 Å². The lowest BCUT2D eigenvalue weighted by atomic mass is 9.60. The van der Waals surface area contributed by atoms with Gasteiger partial charge in [0.1, 0.15) is 30.2 Å². The van der Waals surface area contributed by atoms with Crippen molar-refractivity contribution in [2.45, 2.75) is 82.9 Å². The van der Waals surface area contributed by atoms with E-state index in [0.717, 1.165) is 0 Å². The van der Waals surface area contributed by atoms with E-state index in [9.17, 15) is 30.3 Å². The number of ketones is 1. The summed E-state index contributed by atoms with van der Waals surface area (Å²) in [6.45, 7) is 6.65. The fourth-order valence-corrected chi connectivity index (χ4v) is 3.98. The van der Waals surface area contributed by atoms with E-state index in [1.54, 1.807) is 19.1 Å². The molecular formula is C19H32O8. The maximum absolute atomic E-state index is 11.9. The average Bonchev–Trinajstić information content (AvgIpc) is 2.58. The summed E-state index contributed by atoms with van der Waals surface area (Å²) in [5.41, 5.74) is -1.84. The van der Waals surface area contributed by atoms with Crippen LogP contribution in [0.4, 0.5) is 0 Å². The molecule has 8 atom stereocenters. The zero-order valence-electron chi connectivity index (χ0n) is 16.3. The molecule has 0 amide bonds.